The quantitative estimate of drug-likeness (QED) is 0.596. The Morgan fingerprint density at radius 3 is 2.62 bits per heavy atom. The number of carbonyl (C=O) groups excluding carboxylic acids is 1. The van der Waals surface area contributed by atoms with Crippen molar-refractivity contribution in [3.05, 3.63) is 64.2 Å². The van der Waals surface area contributed by atoms with Crippen LogP contribution in [0.25, 0.3) is 0 Å². The summed E-state index contributed by atoms with van der Waals surface area (Å²) in [5, 5.41) is 16.3. The fourth-order valence-electron chi connectivity index (χ4n) is 3.11. The molecule has 1 aliphatic carbocycles. The normalized spacial score (nSPS) is 16.7. The van der Waals surface area contributed by atoms with Crippen LogP contribution in [0.2, 0.25) is 5.02 Å². The smallest absolute Gasteiger partial charge is 0.271 e. The van der Waals surface area contributed by atoms with Crippen LogP contribution in [0, 0.1) is 22.6 Å². The molecule has 1 unspecified atom stereocenters. The first-order chi connectivity index (χ1) is 15.0. The molecule has 11 heteroatoms. The first-order valence-electron chi connectivity index (χ1n) is 9.67. The summed E-state index contributed by atoms with van der Waals surface area (Å²) in [5.41, 5.74) is -0.269. The Morgan fingerprint density at radius 2 is 2.06 bits per heavy atom. The van der Waals surface area contributed by atoms with Gasteiger partial charge in [0.15, 0.2) is 9.84 Å². The molecular weight excluding hydrogens is 457 g/mol. The number of nitrogens with zero attached hydrogens (tertiary/aromatic N) is 3. The fraction of sp³-hybridized carbons (Fsp3) is 0.333. The van der Waals surface area contributed by atoms with E-state index in [4.69, 9.17) is 11.6 Å². The number of rotatable bonds is 8. The molecule has 0 radical (unpaired) electrons. The van der Waals surface area contributed by atoms with Gasteiger partial charge in [0.05, 0.1) is 34.9 Å². The number of benzene rings is 1. The molecular formula is C21H21ClFN5O3S. The van der Waals surface area contributed by atoms with E-state index in [0.717, 1.165) is 11.7 Å². The largest absolute Gasteiger partial charge is 0.360 e. The monoisotopic (exact) mass is 477 g/mol. The Labute approximate surface area is 190 Å². The maximum atomic E-state index is 14.0. The molecule has 2 N–H and O–H groups in total. The predicted octanol–water partition coefficient (Wildman–Crippen LogP) is 3.40. The van der Waals surface area contributed by atoms with Gasteiger partial charge in [-0.15, -0.1) is 0 Å². The van der Waals surface area contributed by atoms with Gasteiger partial charge in [-0.25, -0.2) is 22.8 Å². The topological polar surface area (TPSA) is 125 Å². The Balaban J connectivity index is 1.76. The second-order valence-corrected chi connectivity index (χ2v) is 10.0. The summed E-state index contributed by atoms with van der Waals surface area (Å²) < 4.78 is 36.4. The molecule has 0 saturated heterocycles. The van der Waals surface area contributed by atoms with Gasteiger partial charge < -0.3 is 10.6 Å². The van der Waals surface area contributed by atoms with E-state index in [1.54, 1.807) is 13.0 Å². The summed E-state index contributed by atoms with van der Waals surface area (Å²) in [5.74, 6) is -0.824. The molecule has 0 bridgehead atoms. The maximum Gasteiger partial charge on any atom is 0.271 e. The summed E-state index contributed by atoms with van der Waals surface area (Å²) in [7, 11) is -3.30. The van der Waals surface area contributed by atoms with Crippen molar-refractivity contribution in [2.45, 2.75) is 31.8 Å². The highest BCUT2D eigenvalue weighted by atomic mass is 35.5. The van der Waals surface area contributed by atoms with Gasteiger partial charge in [-0.1, -0.05) is 29.8 Å². The third kappa shape index (κ3) is 5.60. The van der Waals surface area contributed by atoms with Crippen molar-refractivity contribution in [2.24, 2.45) is 5.41 Å². The van der Waals surface area contributed by atoms with E-state index < -0.39 is 39.1 Å². The Kier molecular flexibility index (Phi) is 6.81. The van der Waals surface area contributed by atoms with Crippen molar-refractivity contribution in [1.29, 1.82) is 5.26 Å². The predicted molar refractivity (Wildman–Crippen MR) is 118 cm³/mol. The lowest BCUT2D eigenvalue weighted by Gasteiger charge is -2.25. The van der Waals surface area contributed by atoms with Crippen LogP contribution in [0.15, 0.2) is 42.1 Å². The van der Waals surface area contributed by atoms with Gasteiger partial charge >= 0.3 is 0 Å². The van der Waals surface area contributed by atoms with Crippen LogP contribution in [-0.2, 0) is 9.84 Å². The summed E-state index contributed by atoms with van der Waals surface area (Å²) >= 11 is 6.16. The first kappa shape index (κ1) is 23.6. The SMILES string of the molecule is C[C@H](/C=C/S(C)(=O)=O)NC(=O)c1cnc(NC(c2cccc(F)c2Cl)C2(C#N)CC2)cn1. The summed E-state index contributed by atoms with van der Waals surface area (Å²) in [6.07, 6.45) is 6.24. The zero-order valence-corrected chi connectivity index (χ0v) is 18.9. The number of aromatic nitrogens is 2. The minimum absolute atomic E-state index is 0.0249. The standard InChI is InChI=1S/C21H21ClFN5O3S/c1-13(6-9-32(2,30)31)27-20(29)16-10-26-17(11-25-16)28-19(21(12-24)7-8-21)14-4-3-5-15(23)18(14)22/h3-6,9-11,13,19H,7-8H2,1-2H3,(H,26,28)(H,27,29)/b9-6+/t13-,19?/m1/s1. The van der Waals surface area contributed by atoms with Gasteiger partial charge in [0.25, 0.3) is 5.91 Å². The third-order valence-corrected chi connectivity index (χ3v) is 6.06. The summed E-state index contributed by atoms with van der Waals surface area (Å²) in [4.78, 5) is 20.6. The van der Waals surface area contributed by atoms with E-state index >= 15 is 0 Å². The summed E-state index contributed by atoms with van der Waals surface area (Å²) in [6.45, 7) is 1.62. The fourth-order valence-corrected chi connectivity index (χ4v) is 3.87. The number of anilines is 1. The molecule has 0 spiro atoms. The van der Waals surface area contributed by atoms with E-state index in [1.165, 1.54) is 30.6 Å². The van der Waals surface area contributed by atoms with Gasteiger partial charge in [-0.2, -0.15) is 5.26 Å². The number of nitriles is 1. The number of hydrogen-bond donors (Lipinski definition) is 2. The van der Waals surface area contributed by atoms with Crippen molar-refractivity contribution in [1.82, 2.24) is 15.3 Å². The molecule has 0 aliphatic heterocycles. The highest BCUT2D eigenvalue weighted by Gasteiger charge is 2.51. The summed E-state index contributed by atoms with van der Waals surface area (Å²) in [6, 6.07) is 5.56. The van der Waals surface area contributed by atoms with E-state index in [9.17, 15) is 22.9 Å². The Hall–Kier alpha value is -3.03. The molecule has 2 atom stereocenters. The molecule has 2 aromatic rings. The van der Waals surface area contributed by atoms with Crippen molar-refractivity contribution < 1.29 is 17.6 Å². The number of amides is 1. The van der Waals surface area contributed by atoms with Crippen molar-refractivity contribution >= 4 is 33.2 Å². The van der Waals surface area contributed by atoms with Crippen LogP contribution >= 0.6 is 11.6 Å². The van der Waals surface area contributed by atoms with Gasteiger partial charge in [-0.05, 0) is 31.4 Å². The van der Waals surface area contributed by atoms with Crippen molar-refractivity contribution in [3.8, 4) is 6.07 Å². The molecule has 1 aromatic carbocycles. The maximum absolute atomic E-state index is 14.0. The Bertz CT molecular complexity index is 1190. The molecule has 32 heavy (non-hydrogen) atoms. The van der Waals surface area contributed by atoms with Crippen LogP contribution < -0.4 is 10.6 Å². The van der Waals surface area contributed by atoms with E-state index in [0.29, 0.717) is 24.2 Å². The average Bonchev–Trinajstić information content (AvgIpc) is 3.54. The molecule has 1 fully saturated rings. The molecule has 1 saturated carbocycles. The average molecular weight is 478 g/mol. The van der Waals surface area contributed by atoms with E-state index in [-0.39, 0.29) is 10.7 Å². The molecule has 3 rings (SSSR count). The van der Waals surface area contributed by atoms with Crippen molar-refractivity contribution in [2.75, 3.05) is 11.6 Å². The zero-order chi connectivity index (χ0) is 23.5. The number of sulfone groups is 1. The molecule has 1 aliphatic rings. The van der Waals surface area contributed by atoms with Gasteiger partial charge in [0, 0.05) is 17.7 Å². The highest BCUT2D eigenvalue weighted by Crippen LogP contribution is 2.56. The Morgan fingerprint density at radius 1 is 1.34 bits per heavy atom. The van der Waals surface area contributed by atoms with Gasteiger partial charge in [0.2, 0.25) is 0 Å². The van der Waals surface area contributed by atoms with Crippen molar-refractivity contribution in [3.63, 3.8) is 0 Å². The molecule has 1 amide bonds. The molecule has 8 nitrogen and oxygen atoms in total. The van der Waals surface area contributed by atoms with E-state index in [2.05, 4.69) is 26.7 Å². The number of hydrogen-bond acceptors (Lipinski definition) is 7. The second kappa shape index (κ2) is 9.22. The van der Waals surface area contributed by atoms with E-state index in [1.807, 2.05) is 0 Å². The highest BCUT2D eigenvalue weighted by molar-refractivity contribution is 7.93. The first-order valence-corrected chi connectivity index (χ1v) is 12.0. The van der Waals surface area contributed by atoms with Crippen LogP contribution in [-0.4, -0.2) is 36.6 Å². The lowest BCUT2D eigenvalue weighted by atomic mass is 9.91. The minimum atomic E-state index is -3.30. The lowest BCUT2D eigenvalue weighted by Crippen LogP contribution is -2.32. The molecule has 168 valence electrons. The third-order valence-electron chi connectivity index (χ3n) is 5.01. The minimum Gasteiger partial charge on any atom is -0.360 e. The number of nitrogens with one attached hydrogen (secondary N) is 2. The number of halogens is 2. The molecule has 1 heterocycles. The zero-order valence-electron chi connectivity index (χ0n) is 17.3. The lowest BCUT2D eigenvalue weighted by molar-refractivity contribution is 0.0941. The van der Waals surface area contributed by atoms with Gasteiger partial charge in [0.1, 0.15) is 17.3 Å². The molecule has 1 aromatic heterocycles. The second-order valence-electron chi connectivity index (χ2n) is 7.70. The van der Waals surface area contributed by atoms with Crippen LogP contribution in [0.4, 0.5) is 10.2 Å². The van der Waals surface area contributed by atoms with Gasteiger partial charge in [-0.3, -0.25) is 4.79 Å². The number of carbonyl (C=O) groups is 1. The van der Waals surface area contributed by atoms with Crippen LogP contribution in [0.3, 0.4) is 0 Å². The van der Waals surface area contributed by atoms with Crippen LogP contribution in [0.1, 0.15) is 41.9 Å². The van der Waals surface area contributed by atoms with Crippen LogP contribution in [0.5, 0.6) is 0 Å².